The number of ether oxygens (including phenoxy) is 1. The van der Waals surface area contributed by atoms with E-state index in [0.717, 1.165) is 0 Å². The topological polar surface area (TPSA) is 75.6 Å². The number of aromatic hydroxyl groups is 1. The van der Waals surface area contributed by atoms with Gasteiger partial charge in [0.1, 0.15) is 17.4 Å². The van der Waals surface area contributed by atoms with Gasteiger partial charge in [-0.15, -0.1) is 0 Å². The van der Waals surface area contributed by atoms with Crippen LogP contribution >= 0.6 is 15.9 Å². The summed E-state index contributed by atoms with van der Waals surface area (Å²) in [5.41, 5.74) is -0.340. The van der Waals surface area contributed by atoms with E-state index >= 15 is 0 Å². The molecule has 0 aliphatic heterocycles. The zero-order chi connectivity index (χ0) is 15.5. The highest BCUT2D eigenvalue weighted by molar-refractivity contribution is 9.10. The van der Waals surface area contributed by atoms with Crippen LogP contribution in [0, 0.1) is 0 Å². The summed E-state index contributed by atoms with van der Waals surface area (Å²) < 4.78 is 5.66. The minimum atomic E-state index is -0.771. The molecule has 0 heterocycles. The van der Waals surface area contributed by atoms with Crippen molar-refractivity contribution in [3.8, 4) is 5.75 Å². The molecule has 1 aromatic carbocycles. The zero-order valence-electron chi connectivity index (χ0n) is 11.9. The lowest BCUT2D eigenvalue weighted by molar-refractivity contribution is -0.156. The zero-order valence-corrected chi connectivity index (χ0v) is 13.4. The van der Waals surface area contributed by atoms with Gasteiger partial charge in [0.05, 0.1) is 4.47 Å². The third kappa shape index (κ3) is 4.85. The highest BCUT2D eigenvalue weighted by Gasteiger charge is 2.23. The molecule has 5 nitrogen and oxygen atoms in total. The number of phenols is 1. The summed E-state index contributed by atoms with van der Waals surface area (Å²) in [5, 5.41) is 12.1. The minimum absolute atomic E-state index is 0.0393. The van der Waals surface area contributed by atoms with Crippen LogP contribution in [0.25, 0.3) is 0 Å². The summed E-state index contributed by atoms with van der Waals surface area (Å²) in [6.45, 7) is 6.81. The van der Waals surface area contributed by atoms with E-state index in [0.29, 0.717) is 4.47 Å². The smallest absolute Gasteiger partial charge is 0.328 e. The van der Waals surface area contributed by atoms with Gasteiger partial charge in [-0.25, -0.2) is 4.79 Å². The van der Waals surface area contributed by atoms with Gasteiger partial charge in [0.2, 0.25) is 0 Å². The standard InChI is InChI=1S/C14H18BrNO4/c1-8(13(19)20-14(2,3)4)16-12(18)9-5-6-10(15)11(17)7-9/h5-8,17H,1-4H3,(H,16,18)/t8-/m0/s1. The van der Waals surface area contributed by atoms with Gasteiger partial charge in [-0.1, -0.05) is 0 Å². The number of benzene rings is 1. The Balaban J connectivity index is 2.70. The maximum Gasteiger partial charge on any atom is 0.328 e. The van der Waals surface area contributed by atoms with Crippen LogP contribution in [0.1, 0.15) is 38.1 Å². The molecule has 1 rings (SSSR count). The van der Waals surface area contributed by atoms with E-state index in [1.165, 1.54) is 6.07 Å². The SMILES string of the molecule is C[C@H](NC(=O)c1ccc(Br)c(O)c1)C(=O)OC(C)(C)C. The Kier molecular flexibility index (Phi) is 5.16. The highest BCUT2D eigenvalue weighted by Crippen LogP contribution is 2.24. The monoisotopic (exact) mass is 343 g/mol. The van der Waals surface area contributed by atoms with Crippen LogP contribution in [0.4, 0.5) is 0 Å². The molecule has 0 fully saturated rings. The Morgan fingerprint density at radius 1 is 1.35 bits per heavy atom. The van der Waals surface area contributed by atoms with Gasteiger partial charge >= 0.3 is 5.97 Å². The van der Waals surface area contributed by atoms with Crippen LogP contribution in [-0.2, 0) is 9.53 Å². The fraction of sp³-hybridized carbons (Fsp3) is 0.429. The van der Waals surface area contributed by atoms with Crippen LogP contribution in [0.5, 0.6) is 5.75 Å². The van der Waals surface area contributed by atoms with Crippen LogP contribution in [0.2, 0.25) is 0 Å². The van der Waals surface area contributed by atoms with Gasteiger partial charge in [-0.3, -0.25) is 4.79 Å². The molecule has 20 heavy (non-hydrogen) atoms. The Morgan fingerprint density at radius 2 is 1.95 bits per heavy atom. The van der Waals surface area contributed by atoms with Gasteiger partial charge in [-0.05, 0) is 61.8 Å². The summed E-state index contributed by atoms with van der Waals surface area (Å²) in [6.07, 6.45) is 0. The lowest BCUT2D eigenvalue weighted by atomic mass is 10.1. The number of esters is 1. The van der Waals surface area contributed by atoms with Gasteiger partial charge in [0.15, 0.2) is 0 Å². The van der Waals surface area contributed by atoms with Gasteiger partial charge in [0.25, 0.3) is 5.91 Å². The van der Waals surface area contributed by atoms with Gasteiger partial charge in [-0.2, -0.15) is 0 Å². The molecule has 6 heteroatoms. The van der Waals surface area contributed by atoms with Crippen LogP contribution in [-0.4, -0.2) is 28.6 Å². The average Bonchev–Trinajstić information content (AvgIpc) is 2.30. The Hall–Kier alpha value is -1.56. The summed E-state index contributed by atoms with van der Waals surface area (Å²) in [6, 6.07) is 3.65. The van der Waals surface area contributed by atoms with Crippen LogP contribution in [0.15, 0.2) is 22.7 Å². The van der Waals surface area contributed by atoms with Crippen molar-refractivity contribution in [1.29, 1.82) is 0 Å². The van der Waals surface area contributed by atoms with E-state index in [9.17, 15) is 14.7 Å². The van der Waals surface area contributed by atoms with Crippen LogP contribution < -0.4 is 5.32 Å². The average molecular weight is 344 g/mol. The number of hydrogen-bond acceptors (Lipinski definition) is 4. The van der Waals surface area contributed by atoms with E-state index in [-0.39, 0.29) is 11.3 Å². The number of carbonyl (C=O) groups is 2. The molecule has 0 saturated carbocycles. The van der Waals surface area contributed by atoms with E-state index in [1.807, 2.05) is 0 Å². The molecule has 0 saturated heterocycles. The molecular weight excluding hydrogens is 326 g/mol. The fourth-order valence-corrected chi connectivity index (χ4v) is 1.63. The normalized spacial score (nSPS) is 12.7. The van der Waals surface area contributed by atoms with Crippen molar-refractivity contribution >= 4 is 27.8 Å². The summed E-state index contributed by atoms with van der Waals surface area (Å²) >= 11 is 3.13. The molecule has 0 unspecified atom stereocenters. The first-order chi connectivity index (χ1) is 9.10. The Morgan fingerprint density at radius 3 is 2.45 bits per heavy atom. The number of amides is 1. The quantitative estimate of drug-likeness (QED) is 0.827. The maximum atomic E-state index is 11.9. The molecule has 1 aromatic rings. The van der Waals surface area contributed by atoms with Gasteiger partial charge < -0.3 is 15.2 Å². The van der Waals surface area contributed by atoms with Crippen molar-refractivity contribution in [2.24, 2.45) is 0 Å². The summed E-state index contributed by atoms with van der Waals surface area (Å²) in [7, 11) is 0. The first-order valence-electron chi connectivity index (χ1n) is 6.12. The fourth-order valence-electron chi connectivity index (χ4n) is 1.38. The van der Waals surface area contributed by atoms with E-state index in [4.69, 9.17) is 4.74 Å². The van der Waals surface area contributed by atoms with E-state index in [2.05, 4.69) is 21.2 Å². The molecule has 0 aliphatic carbocycles. The molecule has 0 bridgehead atoms. The van der Waals surface area contributed by atoms with Crippen molar-refractivity contribution in [3.63, 3.8) is 0 Å². The number of hydrogen-bond donors (Lipinski definition) is 2. The van der Waals surface area contributed by atoms with Crippen LogP contribution in [0.3, 0.4) is 0 Å². The number of phenolic OH excluding ortho intramolecular Hbond substituents is 1. The first-order valence-corrected chi connectivity index (χ1v) is 6.91. The maximum absolute atomic E-state index is 11.9. The van der Waals surface area contributed by atoms with E-state index in [1.54, 1.807) is 39.8 Å². The number of carbonyl (C=O) groups excluding carboxylic acids is 2. The second-order valence-electron chi connectivity index (χ2n) is 5.39. The van der Waals surface area contributed by atoms with Crippen molar-refractivity contribution < 1.29 is 19.4 Å². The minimum Gasteiger partial charge on any atom is -0.507 e. The molecule has 0 spiro atoms. The molecule has 0 aromatic heterocycles. The van der Waals surface area contributed by atoms with Gasteiger partial charge in [0, 0.05) is 5.56 Å². The van der Waals surface area contributed by atoms with Crippen molar-refractivity contribution in [3.05, 3.63) is 28.2 Å². The third-order valence-corrected chi connectivity index (χ3v) is 2.99. The number of nitrogens with one attached hydrogen (secondary N) is 1. The second kappa shape index (κ2) is 6.26. The summed E-state index contributed by atoms with van der Waals surface area (Å²) in [5.74, 6) is -0.999. The lowest BCUT2D eigenvalue weighted by Crippen LogP contribution is -2.42. The summed E-state index contributed by atoms with van der Waals surface area (Å²) in [4.78, 5) is 23.7. The predicted molar refractivity (Wildman–Crippen MR) is 78.6 cm³/mol. The Labute approximate surface area is 126 Å². The first kappa shape index (κ1) is 16.5. The van der Waals surface area contributed by atoms with Crippen molar-refractivity contribution in [1.82, 2.24) is 5.32 Å². The third-order valence-electron chi connectivity index (χ3n) is 2.32. The Bertz CT molecular complexity index is 522. The molecule has 0 aliphatic rings. The second-order valence-corrected chi connectivity index (χ2v) is 6.25. The molecular formula is C14H18BrNO4. The molecule has 2 N–H and O–H groups in total. The predicted octanol–water partition coefficient (Wildman–Crippen LogP) is 2.61. The molecule has 110 valence electrons. The number of halogens is 1. The molecule has 1 atom stereocenters. The highest BCUT2D eigenvalue weighted by atomic mass is 79.9. The van der Waals surface area contributed by atoms with Crippen molar-refractivity contribution in [2.45, 2.75) is 39.3 Å². The number of rotatable bonds is 3. The molecule has 0 radical (unpaired) electrons. The lowest BCUT2D eigenvalue weighted by Gasteiger charge is -2.22. The molecule has 1 amide bonds. The van der Waals surface area contributed by atoms with Crippen molar-refractivity contribution in [2.75, 3.05) is 0 Å². The van der Waals surface area contributed by atoms with E-state index < -0.39 is 23.5 Å². The largest absolute Gasteiger partial charge is 0.507 e.